The third-order valence-electron chi connectivity index (χ3n) is 2.79. The van der Waals surface area contributed by atoms with E-state index in [0.29, 0.717) is 13.0 Å². The molecule has 0 bridgehead atoms. The van der Waals surface area contributed by atoms with Crippen molar-refractivity contribution in [2.24, 2.45) is 0 Å². The van der Waals surface area contributed by atoms with E-state index in [4.69, 9.17) is 4.74 Å². The molecule has 18 heavy (non-hydrogen) atoms. The van der Waals surface area contributed by atoms with Crippen LogP contribution in [0.1, 0.15) is 16.8 Å². The van der Waals surface area contributed by atoms with Gasteiger partial charge in [0.15, 0.2) is 0 Å². The Labute approximate surface area is 106 Å². The van der Waals surface area contributed by atoms with E-state index < -0.39 is 0 Å². The van der Waals surface area contributed by atoms with Crippen molar-refractivity contribution < 1.29 is 9.53 Å². The summed E-state index contributed by atoms with van der Waals surface area (Å²) in [5.41, 5.74) is 3.06. The van der Waals surface area contributed by atoms with E-state index in [-0.39, 0.29) is 5.97 Å². The van der Waals surface area contributed by atoms with Crippen molar-refractivity contribution in [3.05, 3.63) is 53.3 Å². The van der Waals surface area contributed by atoms with Crippen molar-refractivity contribution in [2.45, 2.75) is 19.9 Å². The molecule has 0 saturated heterocycles. The normalized spacial score (nSPS) is 10.3. The number of carbonyl (C=O) groups is 1. The molecule has 0 fully saturated rings. The van der Waals surface area contributed by atoms with Gasteiger partial charge in [0.05, 0.1) is 25.8 Å². The van der Waals surface area contributed by atoms with Gasteiger partial charge in [0.2, 0.25) is 0 Å². The number of aryl methyl sites for hydroxylation is 1. The average molecular weight is 244 g/mol. The van der Waals surface area contributed by atoms with Gasteiger partial charge >= 0.3 is 5.97 Å². The first-order valence-electron chi connectivity index (χ1n) is 5.82. The molecule has 1 aromatic carbocycles. The topological polar surface area (TPSA) is 44.1 Å². The lowest BCUT2D eigenvalue weighted by Crippen LogP contribution is -2.09. The van der Waals surface area contributed by atoms with E-state index in [9.17, 15) is 4.79 Å². The fourth-order valence-electron chi connectivity index (χ4n) is 1.84. The Morgan fingerprint density at radius 1 is 1.28 bits per heavy atom. The maximum Gasteiger partial charge on any atom is 0.309 e. The summed E-state index contributed by atoms with van der Waals surface area (Å²) < 4.78 is 6.57. The van der Waals surface area contributed by atoms with E-state index in [1.165, 1.54) is 7.11 Å². The van der Waals surface area contributed by atoms with Gasteiger partial charge in [-0.15, -0.1) is 0 Å². The zero-order valence-electron chi connectivity index (χ0n) is 10.6. The van der Waals surface area contributed by atoms with Crippen LogP contribution < -0.4 is 0 Å². The van der Waals surface area contributed by atoms with Gasteiger partial charge in [-0.2, -0.15) is 5.10 Å². The maximum absolute atomic E-state index is 11.3. The fourth-order valence-corrected chi connectivity index (χ4v) is 1.84. The Morgan fingerprint density at radius 2 is 2.00 bits per heavy atom. The van der Waals surface area contributed by atoms with Gasteiger partial charge in [0, 0.05) is 6.20 Å². The second-order valence-corrected chi connectivity index (χ2v) is 4.18. The summed E-state index contributed by atoms with van der Waals surface area (Å²) in [6.07, 6.45) is 2.23. The lowest BCUT2D eigenvalue weighted by Gasteiger charge is -2.08. The minimum atomic E-state index is -0.223. The molecule has 0 aliphatic heterocycles. The van der Waals surface area contributed by atoms with Crippen LogP contribution in [0, 0.1) is 6.92 Å². The highest BCUT2D eigenvalue weighted by Crippen LogP contribution is 2.12. The first-order chi connectivity index (χ1) is 8.69. The average Bonchev–Trinajstić information content (AvgIpc) is 2.77. The summed E-state index contributed by atoms with van der Waals surface area (Å²) in [4.78, 5) is 11.3. The molecule has 4 nitrogen and oxygen atoms in total. The quantitative estimate of drug-likeness (QED) is 0.772. The van der Waals surface area contributed by atoms with Gasteiger partial charge in [-0.3, -0.25) is 9.48 Å². The van der Waals surface area contributed by atoms with Crippen LogP contribution in [-0.2, 0) is 22.5 Å². The molecule has 0 aliphatic rings. The molecule has 0 radical (unpaired) electrons. The van der Waals surface area contributed by atoms with Crippen LogP contribution in [0.3, 0.4) is 0 Å². The Bertz CT molecular complexity index is 546. The number of methoxy groups -OCH3 is 1. The van der Waals surface area contributed by atoms with Crippen molar-refractivity contribution in [1.82, 2.24) is 9.78 Å². The highest BCUT2D eigenvalue weighted by atomic mass is 16.5. The number of hydrogen-bond acceptors (Lipinski definition) is 3. The number of rotatable bonds is 4. The highest BCUT2D eigenvalue weighted by Gasteiger charge is 2.08. The number of nitrogens with zero attached hydrogens (tertiary/aromatic N) is 2. The number of esters is 1. The van der Waals surface area contributed by atoms with E-state index in [2.05, 4.69) is 5.10 Å². The van der Waals surface area contributed by atoms with Crippen molar-refractivity contribution in [1.29, 1.82) is 0 Å². The molecule has 1 heterocycles. The van der Waals surface area contributed by atoms with Gasteiger partial charge < -0.3 is 4.74 Å². The van der Waals surface area contributed by atoms with Gasteiger partial charge in [-0.05, 0) is 24.1 Å². The van der Waals surface area contributed by atoms with Crippen LogP contribution in [0.15, 0.2) is 36.5 Å². The Kier molecular flexibility index (Phi) is 3.77. The highest BCUT2D eigenvalue weighted by molar-refractivity contribution is 5.72. The molecule has 0 spiro atoms. The monoisotopic (exact) mass is 244 g/mol. The molecule has 0 amide bonds. The summed E-state index contributed by atoms with van der Waals surface area (Å²) in [7, 11) is 1.40. The van der Waals surface area contributed by atoms with Crippen molar-refractivity contribution >= 4 is 5.97 Å². The van der Waals surface area contributed by atoms with E-state index in [1.54, 1.807) is 0 Å². The van der Waals surface area contributed by atoms with Crippen molar-refractivity contribution in [3.63, 3.8) is 0 Å². The summed E-state index contributed by atoms with van der Waals surface area (Å²) in [6.45, 7) is 2.62. The SMILES string of the molecule is COC(=O)Cc1ccccc1Cn1ccc(C)n1. The number of aromatic nitrogens is 2. The van der Waals surface area contributed by atoms with Gasteiger partial charge in [0.25, 0.3) is 0 Å². The number of hydrogen-bond donors (Lipinski definition) is 0. The minimum Gasteiger partial charge on any atom is -0.469 e. The van der Waals surface area contributed by atoms with Crippen LogP contribution >= 0.6 is 0 Å². The molecule has 2 aromatic rings. The smallest absolute Gasteiger partial charge is 0.309 e. The van der Waals surface area contributed by atoms with Crippen LogP contribution in [0.5, 0.6) is 0 Å². The molecular weight excluding hydrogens is 228 g/mol. The Morgan fingerprint density at radius 3 is 2.61 bits per heavy atom. The summed E-state index contributed by atoms with van der Waals surface area (Å²) in [5, 5.41) is 4.35. The van der Waals surface area contributed by atoms with E-state index in [1.807, 2.05) is 48.1 Å². The third kappa shape index (κ3) is 2.97. The first kappa shape index (κ1) is 12.4. The number of benzene rings is 1. The largest absolute Gasteiger partial charge is 0.469 e. The van der Waals surface area contributed by atoms with Crippen molar-refractivity contribution in [3.8, 4) is 0 Å². The molecule has 4 heteroatoms. The van der Waals surface area contributed by atoms with Crippen LogP contribution in [0.2, 0.25) is 0 Å². The van der Waals surface area contributed by atoms with Crippen LogP contribution in [-0.4, -0.2) is 22.9 Å². The van der Waals surface area contributed by atoms with Crippen molar-refractivity contribution in [2.75, 3.05) is 7.11 Å². The standard InChI is InChI=1S/C14H16N2O2/c1-11-7-8-16(15-11)10-13-6-4-3-5-12(13)9-14(17)18-2/h3-8H,9-10H2,1-2H3. The number of carbonyl (C=O) groups excluding carboxylic acids is 1. The first-order valence-corrected chi connectivity index (χ1v) is 5.82. The molecule has 0 saturated carbocycles. The second-order valence-electron chi connectivity index (χ2n) is 4.18. The molecule has 2 rings (SSSR count). The van der Waals surface area contributed by atoms with Gasteiger partial charge in [-0.25, -0.2) is 0 Å². The van der Waals surface area contributed by atoms with E-state index >= 15 is 0 Å². The summed E-state index contributed by atoms with van der Waals surface area (Å²) in [6, 6.07) is 9.81. The molecule has 94 valence electrons. The predicted molar refractivity (Wildman–Crippen MR) is 68.2 cm³/mol. The Balaban J connectivity index is 2.19. The molecular formula is C14H16N2O2. The zero-order valence-corrected chi connectivity index (χ0v) is 10.6. The lowest BCUT2D eigenvalue weighted by molar-refractivity contribution is -0.139. The van der Waals surface area contributed by atoms with Gasteiger partial charge in [0.1, 0.15) is 0 Å². The summed E-state index contributed by atoms with van der Waals surface area (Å²) >= 11 is 0. The fraction of sp³-hybridized carbons (Fsp3) is 0.286. The zero-order chi connectivity index (χ0) is 13.0. The third-order valence-corrected chi connectivity index (χ3v) is 2.79. The predicted octanol–water partition coefficient (Wildman–Crippen LogP) is 1.96. The van der Waals surface area contributed by atoms with E-state index in [0.717, 1.165) is 16.8 Å². The molecule has 0 N–H and O–H groups in total. The summed E-state index contributed by atoms with van der Waals surface area (Å²) in [5.74, 6) is -0.223. The van der Waals surface area contributed by atoms with Crippen LogP contribution in [0.4, 0.5) is 0 Å². The molecule has 0 aliphatic carbocycles. The number of ether oxygens (including phenoxy) is 1. The van der Waals surface area contributed by atoms with Gasteiger partial charge in [-0.1, -0.05) is 24.3 Å². The molecule has 0 atom stereocenters. The minimum absolute atomic E-state index is 0.223. The Hall–Kier alpha value is -2.10. The molecule has 0 unspecified atom stereocenters. The maximum atomic E-state index is 11.3. The molecule has 1 aromatic heterocycles. The van der Waals surface area contributed by atoms with Crippen LogP contribution in [0.25, 0.3) is 0 Å². The lowest BCUT2D eigenvalue weighted by atomic mass is 10.0. The second kappa shape index (κ2) is 5.49.